The number of hydrogen-bond acceptors (Lipinski definition) is 5. The standard InChI is InChI=1S/C23H28N2O5/c1-4-5-15-29-19-13-11-18(12-14-19)22(27)24-16-20(26)30-21(23(28)25(2)3)17-9-7-6-8-10-17/h6-14,21H,4-5,15-16H2,1-3H3,(H,24,27)/t21-/m0/s1. The third kappa shape index (κ3) is 6.92. The summed E-state index contributed by atoms with van der Waals surface area (Å²) in [6.07, 6.45) is 0.942. The lowest BCUT2D eigenvalue weighted by atomic mass is 10.1. The first kappa shape index (κ1) is 22.9. The van der Waals surface area contributed by atoms with E-state index in [0.717, 1.165) is 12.8 Å². The highest BCUT2D eigenvalue weighted by atomic mass is 16.5. The number of ether oxygens (including phenoxy) is 2. The summed E-state index contributed by atoms with van der Waals surface area (Å²) in [6.45, 7) is 2.36. The van der Waals surface area contributed by atoms with Crippen molar-refractivity contribution in [2.24, 2.45) is 0 Å². The molecule has 0 saturated heterocycles. The largest absolute Gasteiger partial charge is 0.494 e. The summed E-state index contributed by atoms with van der Waals surface area (Å²) in [6, 6.07) is 15.4. The Labute approximate surface area is 177 Å². The molecule has 2 aromatic carbocycles. The van der Waals surface area contributed by atoms with Crippen LogP contribution in [0.3, 0.4) is 0 Å². The van der Waals surface area contributed by atoms with Crippen molar-refractivity contribution in [3.8, 4) is 5.75 Å². The molecule has 0 fully saturated rings. The SMILES string of the molecule is CCCCOc1ccc(C(=O)NCC(=O)O[C@H](C(=O)N(C)C)c2ccccc2)cc1. The first-order valence-corrected chi connectivity index (χ1v) is 9.89. The van der Waals surface area contributed by atoms with Crippen molar-refractivity contribution < 1.29 is 23.9 Å². The molecule has 0 bridgehead atoms. The van der Waals surface area contributed by atoms with Gasteiger partial charge in [-0.1, -0.05) is 43.7 Å². The second kappa shape index (κ2) is 11.6. The maximum Gasteiger partial charge on any atom is 0.326 e. The predicted molar refractivity (Wildman–Crippen MR) is 113 cm³/mol. The smallest absolute Gasteiger partial charge is 0.326 e. The van der Waals surface area contributed by atoms with E-state index >= 15 is 0 Å². The van der Waals surface area contributed by atoms with Gasteiger partial charge in [-0.05, 0) is 30.7 Å². The van der Waals surface area contributed by atoms with Gasteiger partial charge < -0.3 is 19.7 Å². The van der Waals surface area contributed by atoms with Crippen LogP contribution in [0.1, 0.15) is 41.8 Å². The Bertz CT molecular complexity index is 834. The number of nitrogens with zero attached hydrogens (tertiary/aromatic N) is 1. The summed E-state index contributed by atoms with van der Waals surface area (Å²) in [4.78, 5) is 38.3. The average molecular weight is 412 g/mol. The summed E-state index contributed by atoms with van der Waals surface area (Å²) < 4.78 is 10.9. The summed E-state index contributed by atoms with van der Waals surface area (Å²) in [7, 11) is 3.17. The number of hydrogen-bond donors (Lipinski definition) is 1. The molecule has 2 rings (SSSR count). The van der Waals surface area contributed by atoms with E-state index in [-0.39, 0.29) is 12.5 Å². The summed E-state index contributed by atoms with van der Waals surface area (Å²) in [5.74, 6) is -0.791. The lowest BCUT2D eigenvalue weighted by Crippen LogP contribution is -2.35. The van der Waals surface area contributed by atoms with E-state index in [9.17, 15) is 14.4 Å². The van der Waals surface area contributed by atoms with E-state index in [4.69, 9.17) is 9.47 Å². The number of carbonyl (C=O) groups is 3. The van der Waals surface area contributed by atoms with Gasteiger partial charge >= 0.3 is 5.97 Å². The van der Waals surface area contributed by atoms with Gasteiger partial charge in [-0.3, -0.25) is 14.4 Å². The Morgan fingerprint density at radius 2 is 1.67 bits per heavy atom. The summed E-state index contributed by atoms with van der Waals surface area (Å²) >= 11 is 0. The van der Waals surface area contributed by atoms with E-state index < -0.39 is 18.0 Å². The minimum absolute atomic E-state index is 0.350. The van der Waals surface area contributed by atoms with Crippen LogP contribution in [0.15, 0.2) is 54.6 Å². The van der Waals surface area contributed by atoms with Crippen molar-refractivity contribution in [3.05, 3.63) is 65.7 Å². The number of esters is 1. The molecule has 30 heavy (non-hydrogen) atoms. The zero-order valence-corrected chi connectivity index (χ0v) is 17.6. The van der Waals surface area contributed by atoms with Crippen molar-refractivity contribution in [2.75, 3.05) is 27.2 Å². The number of unbranched alkanes of at least 4 members (excludes halogenated alkanes) is 1. The molecule has 0 heterocycles. The fraction of sp³-hybridized carbons (Fsp3) is 0.348. The van der Waals surface area contributed by atoms with Crippen molar-refractivity contribution in [1.29, 1.82) is 0 Å². The molecule has 0 spiro atoms. The normalized spacial score (nSPS) is 11.3. The maximum atomic E-state index is 12.4. The van der Waals surface area contributed by atoms with Crippen LogP contribution in [0.2, 0.25) is 0 Å². The number of benzene rings is 2. The lowest BCUT2D eigenvalue weighted by molar-refractivity contribution is -0.158. The molecule has 0 radical (unpaired) electrons. The van der Waals surface area contributed by atoms with Crippen LogP contribution in [-0.2, 0) is 14.3 Å². The fourth-order valence-electron chi connectivity index (χ4n) is 2.59. The highest BCUT2D eigenvalue weighted by molar-refractivity contribution is 5.96. The second-order valence-corrected chi connectivity index (χ2v) is 6.92. The molecule has 0 unspecified atom stereocenters. The first-order chi connectivity index (χ1) is 14.4. The van der Waals surface area contributed by atoms with Crippen molar-refractivity contribution in [3.63, 3.8) is 0 Å². The van der Waals surface area contributed by atoms with Gasteiger partial charge in [0, 0.05) is 25.2 Å². The first-order valence-electron chi connectivity index (χ1n) is 9.89. The molecule has 160 valence electrons. The van der Waals surface area contributed by atoms with Gasteiger partial charge in [0.2, 0.25) is 6.10 Å². The van der Waals surface area contributed by atoms with Crippen molar-refractivity contribution >= 4 is 17.8 Å². The van der Waals surface area contributed by atoms with Gasteiger partial charge in [-0.15, -0.1) is 0 Å². The van der Waals surface area contributed by atoms with Crippen LogP contribution in [0.5, 0.6) is 5.75 Å². The molecule has 0 aliphatic heterocycles. The molecule has 7 nitrogen and oxygen atoms in total. The molecule has 2 aromatic rings. The van der Waals surface area contributed by atoms with Crippen LogP contribution in [0.25, 0.3) is 0 Å². The fourth-order valence-corrected chi connectivity index (χ4v) is 2.59. The van der Waals surface area contributed by atoms with Gasteiger partial charge in [-0.25, -0.2) is 0 Å². The van der Waals surface area contributed by atoms with Crippen LogP contribution < -0.4 is 10.1 Å². The van der Waals surface area contributed by atoms with Gasteiger partial charge in [0.25, 0.3) is 11.8 Å². The lowest BCUT2D eigenvalue weighted by Gasteiger charge is -2.21. The Kier molecular flexibility index (Phi) is 8.87. The van der Waals surface area contributed by atoms with E-state index in [1.54, 1.807) is 62.6 Å². The van der Waals surface area contributed by atoms with Crippen molar-refractivity contribution in [2.45, 2.75) is 25.9 Å². The van der Waals surface area contributed by atoms with Crippen molar-refractivity contribution in [1.82, 2.24) is 10.2 Å². The average Bonchev–Trinajstić information content (AvgIpc) is 2.76. The minimum Gasteiger partial charge on any atom is -0.494 e. The zero-order chi connectivity index (χ0) is 21.9. The monoisotopic (exact) mass is 412 g/mol. The molecule has 7 heteroatoms. The summed E-state index contributed by atoms with van der Waals surface area (Å²) in [5.41, 5.74) is 0.962. The Hall–Kier alpha value is -3.35. The third-order valence-corrected chi connectivity index (χ3v) is 4.29. The molecular formula is C23H28N2O5. The van der Waals surface area contributed by atoms with Gasteiger partial charge in [-0.2, -0.15) is 0 Å². The topological polar surface area (TPSA) is 84.9 Å². The summed E-state index contributed by atoms with van der Waals surface area (Å²) in [5, 5.41) is 2.52. The molecule has 2 amide bonds. The number of likely N-dealkylation sites (N-methyl/N-ethyl adjacent to an activating group) is 1. The molecule has 0 aliphatic carbocycles. The minimum atomic E-state index is -1.06. The van der Waals surface area contributed by atoms with Gasteiger partial charge in [0.05, 0.1) is 6.61 Å². The van der Waals surface area contributed by atoms with E-state index in [2.05, 4.69) is 12.2 Å². The zero-order valence-electron chi connectivity index (χ0n) is 17.6. The van der Waals surface area contributed by atoms with Gasteiger partial charge in [0.15, 0.2) is 0 Å². The molecule has 0 saturated carbocycles. The molecule has 0 aliphatic rings. The van der Waals surface area contributed by atoms with E-state index in [1.165, 1.54) is 4.90 Å². The van der Waals surface area contributed by atoms with Crippen LogP contribution in [0.4, 0.5) is 0 Å². The predicted octanol–water partition coefficient (Wildman–Crippen LogP) is 2.97. The number of rotatable bonds is 10. The second-order valence-electron chi connectivity index (χ2n) is 6.92. The van der Waals surface area contributed by atoms with Crippen LogP contribution in [0, 0.1) is 0 Å². The van der Waals surface area contributed by atoms with Gasteiger partial charge in [0.1, 0.15) is 12.3 Å². The number of nitrogens with one attached hydrogen (secondary N) is 1. The number of amides is 2. The Balaban J connectivity index is 1.91. The highest BCUT2D eigenvalue weighted by Gasteiger charge is 2.26. The van der Waals surface area contributed by atoms with Crippen LogP contribution >= 0.6 is 0 Å². The quantitative estimate of drug-likeness (QED) is 0.479. The Morgan fingerprint density at radius 1 is 1.00 bits per heavy atom. The molecule has 1 N–H and O–H groups in total. The number of carbonyl (C=O) groups excluding carboxylic acids is 3. The van der Waals surface area contributed by atoms with E-state index in [1.807, 2.05) is 6.07 Å². The Morgan fingerprint density at radius 3 is 2.27 bits per heavy atom. The van der Waals surface area contributed by atoms with Crippen LogP contribution in [-0.4, -0.2) is 49.9 Å². The maximum absolute atomic E-state index is 12.4. The highest BCUT2D eigenvalue weighted by Crippen LogP contribution is 2.19. The molecule has 0 aromatic heterocycles. The van der Waals surface area contributed by atoms with E-state index in [0.29, 0.717) is 23.5 Å². The molecule has 1 atom stereocenters. The third-order valence-electron chi connectivity index (χ3n) is 4.29. The molecular weight excluding hydrogens is 384 g/mol.